The van der Waals surface area contributed by atoms with Gasteiger partial charge in [-0.1, -0.05) is 6.92 Å². The third-order valence-corrected chi connectivity index (χ3v) is 3.77. The fourth-order valence-corrected chi connectivity index (χ4v) is 2.53. The molecule has 0 fully saturated rings. The van der Waals surface area contributed by atoms with Crippen molar-refractivity contribution < 1.29 is 13.9 Å². The molecule has 0 spiro atoms. The zero-order valence-electron chi connectivity index (χ0n) is 12.4. The van der Waals surface area contributed by atoms with Crippen molar-refractivity contribution in [2.75, 3.05) is 11.9 Å². The van der Waals surface area contributed by atoms with Gasteiger partial charge < -0.3 is 9.15 Å². The molecule has 0 unspecified atom stereocenters. The fraction of sp³-hybridized carbons (Fsp3) is 0.188. The van der Waals surface area contributed by atoms with Crippen molar-refractivity contribution in [1.29, 1.82) is 0 Å². The summed E-state index contributed by atoms with van der Waals surface area (Å²) in [7, 11) is 0. The van der Waals surface area contributed by atoms with Gasteiger partial charge in [-0.15, -0.1) is 11.3 Å². The van der Waals surface area contributed by atoms with Gasteiger partial charge in [0.15, 0.2) is 5.13 Å². The molecule has 3 aromatic rings. The van der Waals surface area contributed by atoms with Crippen LogP contribution in [0.3, 0.4) is 0 Å². The summed E-state index contributed by atoms with van der Waals surface area (Å²) < 4.78 is 10.7. The van der Waals surface area contributed by atoms with Crippen LogP contribution in [0, 0.1) is 0 Å². The number of fused-ring (bicyclic) bond motifs is 1. The van der Waals surface area contributed by atoms with Crippen molar-refractivity contribution in [2.24, 2.45) is 0 Å². The second-order valence-electron chi connectivity index (χ2n) is 4.79. The molecule has 2 heterocycles. The lowest BCUT2D eigenvalue weighted by Gasteiger charge is -2.06. The van der Waals surface area contributed by atoms with Gasteiger partial charge in [-0.3, -0.25) is 10.1 Å². The maximum Gasteiger partial charge on any atom is 0.349 e. The van der Waals surface area contributed by atoms with Gasteiger partial charge in [-0.2, -0.15) is 0 Å². The van der Waals surface area contributed by atoms with Crippen LogP contribution in [-0.4, -0.2) is 17.5 Å². The average molecular weight is 330 g/mol. The first-order valence-corrected chi connectivity index (χ1v) is 7.97. The molecular weight excluding hydrogens is 316 g/mol. The first kappa shape index (κ1) is 15.2. The van der Waals surface area contributed by atoms with E-state index in [1.807, 2.05) is 6.92 Å². The molecule has 118 valence electrons. The van der Waals surface area contributed by atoms with Crippen LogP contribution in [0.4, 0.5) is 5.13 Å². The van der Waals surface area contributed by atoms with Gasteiger partial charge in [-0.25, -0.2) is 9.78 Å². The Balaban J connectivity index is 1.91. The zero-order chi connectivity index (χ0) is 16.2. The highest BCUT2D eigenvalue weighted by Crippen LogP contribution is 2.21. The number of benzene rings is 1. The first-order chi connectivity index (χ1) is 11.2. The van der Waals surface area contributed by atoms with Crippen LogP contribution in [-0.2, 0) is 0 Å². The Bertz CT molecular complexity index is 887. The lowest BCUT2D eigenvalue weighted by Crippen LogP contribution is -2.20. The predicted molar refractivity (Wildman–Crippen MR) is 88.3 cm³/mol. The smallest absolute Gasteiger partial charge is 0.349 e. The largest absolute Gasteiger partial charge is 0.493 e. The van der Waals surface area contributed by atoms with Crippen molar-refractivity contribution in [3.63, 3.8) is 0 Å². The summed E-state index contributed by atoms with van der Waals surface area (Å²) in [5.41, 5.74) is -0.372. The number of nitrogens with one attached hydrogen (secondary N) is 1. The minimum absolute atomic E-state index is 0.0603. The number of rotatable bonds is 5. The number of thiazole rings is 1. The van der Waals surface area contributed by atoms with Crippen LogP contribution in [0.5, 0.6) is 5.75 Å². The lowest BCUT2D eigenvalue weighted by atomic mass is 10.1. The average Bonchev–Trinajstić information content (AvgIpc) is 3.04. The molecule has 6 nitrogen and oxygen atoms in total. The summed E-state index contributed by atoms with van der Waals surface area (Å²) in [5.74, 6) is 0.0874. The van der Waals surface area contributed by atoms with E-state index in [2.05, 4.69) is 10.3 Å². The third kappa shape index (κ3) is 3.40. The number of hydrogen-bond donors (Lipinski definition) is 1. The zero-order valence-corrected chi connectivity index (χ0v) is 13.2. The van der Waals surface area contributed by atoms with Gasteiger partial charge in [-0.05, 0) is 24.6 Å². The van der Waals surface area contributed by atoms with Crippen molar-refractivity contribution in [2.45, 2.75) is 13.3 Å². The van der Waals surface area contributed by atoms with Crippen LogP contribution in [0.2, 0.25) is 0 Å². The molecule has 0 saturated heterocycles. The van der Waals surface area contributed by atoms with Crippen LogP contribution in [0.25, 0.3) is 11.0 Å². The van der Waals surface area contributed by atoms with E-state index in [0.29, 0.717) is 28.5 Å². The second kappa shape index (κ2) is 6.62. The molecule has 7 heteroatoms. The van der Waals surface area contributed by atoms with E-state index < -0.39 is 11.5 Å². The van der Waals surface area contributed by atoms with Crippen molar-refractivity contribution >= 4 is 33.3 Å². The molecule has 23 heavy (non-hydrogen) atoms. The van der Waals surface area contributed by atoms with Gasteiger partial charge in [0.1, 0.15) is 16.9 Å². The molecule has 1 amide bonds. The van der Waals surface area contributed by atoms with Crippen LogP contribution < -0.4 is 15.7 Å². The Morgan fingerprint density at radius 2 is 2.26 bits per heavy atom. The number of anilines is 1. The molecule has 1 aromatic carbocycles. The van der Waals surface area contributed by atoms with E-state index in [0.717, 1.165) is 6.42 Å². The molecule has 0 bridgehead atoms. The summed E-state index contributed by atoms with van der Waals surface area (Å²) in [6.45, 7) is 2.60. The summed E-state index contributed by atoms with van der Waals surface area (Å²) in [6.07, 6.45) is 2.46. The standard InChI is InChI=1S/C16H14N2O4S/c1-2-6-21-11-4-3-10-8-12(15(20)22-13(10)9-11)14(19)18-16-17-5-7-23-16/h3-5,7-9H,2,6H2,1H3,(H,17,18,19). The highest BCUT2D eigenvalue weighted by molar-refractivity contribution is 7.13. The quantitative estimate of drug-likeness (QED) is 0.726. The fourth-order valence-electron chi connectivity index (χ4n) is 2.01. The van der Waals surface area contributed by atoms with Crippen LogP contribution in [0.15, 0.2) is 45.1 Å². The summed E-state index contributed by atoms with van der Waals surface area (Å²) in [4.78, 5) is 28.2. The maximum atomic E-state index is 12.2. The molecule has 2 aromatic heterocycles. The van der Waals surface area contributed by atoms with E-state index in [1.54, 1.807) is 29.8 Å². The molecule has 0 aliphatic carbocycles. The summed E-state index contributed by atoms with van der Waals surface area (Å²) in [5, 5.41) is 5.38. The normalized spacial score (nSPS) is 10.7. The minimum Gasteiger partial charge on any atom is -0.493 e. The van der Waals surface area contributed by atoms with Gasteiger partial charge >= 0.3 is 5.63 Å². The van der Waals surface area contributed by atoms with Crippen molar-refractivity contribution in [3.05, 3.63) is 51.8 Å². The first-order valence-electron chi connectivity index (χ1n) is 7.09. The monoisotopic (exact) mass is 330 g/mol. The number of nitrogens with zero attached hydrogens (tertiary/aromatic N) is 1. The van der Waals surface area contributed by atoms with Gasteiger partial charge in [0.05, 0.1) is 6.61 Å². The summed E-state index contributed by atoms with van der Waals surface area (Å²) in [6, 6.07) is 6.69. The van der Waals surface area contributed by atoms with Crippen molar-refractivity contribution in [3.8, 4) is 5.75 Å². The maximum absolute atomic E-state index is 12.2. The molecular formula is C16H14N2O4S. The summed E-state index contributed by atoms with van der Waals surface area (Å²) >= 11 is 1.27. The lowest BCUT2D eigenvalue weighted by molar-refractivity contribution is 0.102. The second-order valence-corrected chi connectivity index (χ2v) is 5.68. The Hall–Kier alpha value is -2.67. The molecule has 0 radical (unpaired) electrons. The topological polar surface area (TPSA) is 81.4 Å². The Labute approximate surface area is 135 Å². The molecule has 0 atom stereocenters. The number of ether oxygens (including phenoxy) is 1. The SMILES string of the molecule is CCCOc1ccc2cc(C(=O)Nc3nccs3)c(=O)oc2c1. The highest BCUT2D eigenvalue weighted by atomic mass is 32.1. The minimum atomic E-state index is -0.695. The van der Waals surface area contributed by atoms with Crippen molar-refractivity contribution in [1.82, 2.24) is 4.98 Å². The molecule has 3 rings (SSSR count). The highest BCUT2D eigenvalue weighted by Gasteiger charge is 2.15. The van der Waals surface area contributed by atoms with Gasteiger partial charge in [0, 0.05) is 23.0 Å². The molecule has 0 saturated carbocycles. The van der Waals surface area contributed by atoms with E-state index in [1.165, 1.54) is 17.4 Å². The molecule has 0 aliphatic rings. The van der Waals surface area contributed by atoms with E-state index in [4.69, 9.17) is 9.15 Å². The number of aromatic nitrogens is 1. The third-order valence-electron chi connectivity index (χ3n) is 3.08. The Morgan fingerprint density at radius 1 is 1.39 bits per heavy atom. The van der Waals surface area contributed by atoms with Gasteiger partial charge in [0.2, 0.25) is 0 Å². The Kier molecular flexibility index (Phi) is 4.38. The Morgan fingerprint density at radius 3 is 3.00 bits per heavy atom. The predicted octanol–water partition coefficient (Wildman–Crippen LogP) is 3.29. The van der Waals surface area contributed by atoms with E-state index in [9.17, 15) is 9.59 Å². The number of hydrogen-bond acceptors (Lipinski definition) is 6. The van der Waals surface area contributed by atoms with Crippen LogP contribution >= 0.6 is 11.3 Å². The molecule has 1 N–H and O–H groups in total. The van der Waals surface area contributed by atoms with E-state index in [-0.39, 0.29) is 5.56 Å². The number of carbonyl (C=O) groups is 1. The molecule has 0 aliphatic heterocycles. The number of amides is 1. The van der Waals surface area contributed by atoms with Gasteiger partial charge in [0.25, 0.3) is 5.91 Å². The number of carbonyl (C=O) groups excluding carboxylic acids is 1. The van der Waals surface area contributed by atoms with E-state index >= 15 is 0 Å². The van der Waals surface area contributed by atoms with Crippen LogP contribution in [0.1, 0.15) is 23.7 Å².